The van der Waals surface area contributed by atoms with Crippen molar-refractivity contribution in [3.05, 3.63) is 23.4 Å². The zero-order valence-electron chi connectivity index (χ0n) is 6.05. The Morgan fingerprint density at radius 3 is 2.80 bits per heavy atom. The van der Waals surface area contributed by atoms with E-state index in [1.54, 1.807) is 13.0 Å². The van der Waals surface area contributed by atoms with E-state index < -0.39 is 0 Å². The Kier molecular flexibility index (Phi) is 1.90. The molecular weight excluding hydrogens is 126 g/mol. The van der Waals surface area contributed by atoms with Crippen LogP contribution in [-0.4, -0.2) is 5.78 Å². The minimum atomic E-state index is 0.0752. The van der Waals surface area contributed by atoms with E-state index in [9.17, 15) is 4.79 Å². The van der Waals surface area contributed by atoms with E-state index in [0.717, 1.165) is 18.4 Å². The first-order chi connectivity index (χ1) is 4.72. The average molecular weight is 137 g/mol. The SMILES string of the molecule is CC(N)=C1CCC=CC1=O. The molecule has 0 fully saturated rings. The van der Waals surface area contributed by atoms with Crippen LogP contribution in [0, 0.1) is 0 Å². The minimum absolute atomic E-state index is 0.0752. The summed E-state index contributed by atoms with van der Waals surface area (Å²) < 4.78 is 0. The fourth-order valence-electron chi connectivity index (χ4n) is 1.03. The van der Waals surface area contributed by atoms with Crippen molar-refractivity contribution in [1.29, 1.82) is 0 Å². The second kappa shape index (κ2) is 2.69. The number of allylic oxidation sites excluding steroid dienone is 4. The van der Waals surface area contributed by atoms with Crippen LogP contribution in [0.4, 0.5) is 0 Å². The third kappa shape index (κ3) is 1.26. The summed E-state index contributed by atoms with van der Waals surface area (Å²) in [5.74, 6) is 0.0752. The molecule has 0 unspecified atom stereocenters. The first-order valence-electron chi connectivity index (χ1n) is 3.38. The molecule has 1 aliphatic carbocycles. The number of ketones is 1. The molecule has 0 heterocycles. The van der Waals surface area contributed by atoms with Crippen molar-refractivity contribution in [3.8, 4) is 0 Å². The van der Waals surface area contributed by atoms with Crippen LogP contribution in [0.3, 0.4) is 0 Å². The maximum atomic E-state index is 11.0. The Labute approximate surface area is 60.4 Å². The molecule has 0 aromatic rings. The predicted octanol–water partition coefficient (Wildman–Crippen LogP) is 1.14. The Morgan fingerprint density at radius 1 is 1.70 bits per heavy atom. The van der Waals surface area contributed by atoms with Gasteiger partial charge in [0.15, 0.2) is 5.78 Å². The summed E-state index contributed by atoms with van der Waals surface area (Å²) in [5.41, 5.74) is 6.92. The van der Waals surface area contributed by atoms with Crippen molar-refractivity contribution in [2.24, 2.45) is 5.73 Å². The molecule has 0 aromatic carbocycles. The molecule has 54 valence electrons. The van der Waals surface area contributed by atoms with Crippen LogP contribution < -0.4 is 5.73 Å². The van der Waals surface area contributed by atoms with E-state index in [1.165, 1.54) is 0 Å². The van der Waals surface area contributed by atoms with Crippen LogP contribution in [0.1, 0.15) is 19.8 Å². The molecule has 0 aromatic heterocycles. The highest BCUT2D eigenvalue weighted by Gasteiger charge is 2.10. The highest BCUT2D eigenvalue weighted by atomic mass is 16.1. The molecule has 0 spiro atoms. The maximum absolute atomic E-state index is 11.0. The van der Waals surface area contributed by atoms with Crippen molar-refractivity contribution in [3.63, 3.8) is 0 Å². The summed E-state index contributed by atoms with van der Waals surface area (Å²) in [5, 5.41) is 0. The topological polar surface area (TPSA) is 43.1 Å². The molecule has 0 radical (unpaired) electrons. The van der Waals surface area contributed by atoms with Crippen LogP contribution >= 0.6 is 0 Å². The molecule has 0 atom stereocenters. The minimum Gasteiger partial charge on any atom is -0.402 e. The fraction of sp³-hybridized carbons (Fsp3) is 0.375. The monoisotopic (exact) mass is 137 g/mol. The standard InChI is InChI=1S/C8H11NO/c1-6(9)7-4-2-3-5-8(7)10/h3,5H,2,4,9H2,1H3. The van der Waals surface area contributed by atoms with Gasteiger partial charge in [-0.25, -0.2) is 0 Å². The van der Waals surface area contributed by atoms with E-state index in [4.69, 9.17) is 5.73 Å². The molecule has 0 saturated carbocycles. The van der Waals surface area contributed by atoms with Crippen LogP contribution in [0.25, 0.3) is 0 Å². The molecule has 0 aliphatic heterocycles. The second-order valence-corrected chi connectivity index (χ2v) is 2.47. The Hall–Kier alpha value is -1.05. The van der Waals surface area contributed by atoms with Gasteiger partial charge in [0.05, 0.1) is 0 Å². The highest BCUT2D eigenvalue weighted by molar-refractivity contribution is 6.05. The van der Waals surface area contributed by atoms with Crippen molar-refractivity contribution in [1.82, 2.24) is 0 Å². The van der Waals surface area contributed by atoms with E-state index in [1.807, 2.05) is 6.08 Å². The number of hydrogen-bond donors (Lipinski definition) is 1. The highest BCUT2D eigenvalue weighted by Crippen LogP contribution is 2.15. The van der Waals surface area contributed by atoms with Crippen molar-refractivity contribution >= 4 is 5.78 Å². The lowest BCUT2D eigenvalue weighted by Gasteiger charge is -2.07. The number of nitrogens with two attached hydrogens (primary N) is 1. The van der Waals surface area contributed by atoms with Crippen LogP contribution in [0.2, 0.25) is 0 Å². The lowest BCUT2D eigenvalue weighted by atomic mass is 9.98. The van der Waals surface area contributed by atoms with Gasteiger partial charge in [0.25, 0.3) is 0 Å². The van der Waals surface area contributed by atoms with Gasteiger partial charge in [-0.15, -0.1) is 0 Å². The summed E-state index contributed by atoms with van der Waals surface area (Å²) in [6, 6.07) is 0. The summed E-state index contributed by atoms with van der Waals surface area (Å²) in [6.07, 6.45) is 5.22. The lowest BCUT2D eigenvalue weighted by molar-refractivity contribution is -0.111. The Morgan fingerprint density at radius 2 is 2.40 bits per heavy atom. The molecule has 2 nitrogen and oxygen atoms in total. The van der Waals surface area contributed by atoms with Gasteiger partial charge in [0, 0.05) is 11.3 Å². The van der Waals surface area contributed by atoms with Gasteiger partial charge >= 0.3 is 0 Å². The van der Waals surface area contributed by atoms with Gasteiger partial charge in [0.2, 0.25) is 0 Å². The van der Waals surface area contributed by atoms with Crippen LogP contribution in [-0.2, 0) is 4.79 Å². The fourth-order valence-corrected chi connectivity index (χ4v) is 1.03. The van der Waals surface area contributed by atoms with Crippen molar-refractivity contribution in [2.75, 3.05) is 0 Å². The number of carbonyl (C=O) groups excluding carboxylic acids is 1. The largest absolute Gasteiger partial charge is 0.402 e. The summed E-state index contributed by atoms with van der Waals surface area (Å²) in [4.78, 5) is 11.0. The molecule has 0 saturated heterocycles. The van der Waals surface area contributed by atoms with Crippen LogP contribution in [0.5, 0.6) is 0 Å². The molecule has 2 N–H and O–H groups in total. The second-order valence-electron chi connectivity index (χ2n) is 2.47. The first-order valence-corrected chi connectivity index (χ1v) is 3.38. The number of carbonyl (C=O) groups is 1. The van der Waals surface area contributed by atoms with Gasteiger partial charge in [-0.05, 0) is 25.8 Å². The normalized spacial score (nSPS) is 23.1. The smallest absolute Gasteiger partial charge is 0.183 e. The van der Waals surface area contributed by atoms with E-state index in [2.05, 4.69) is 0 Å². The number of rotatable bonds is 0. The molecule has 2 heteroatoms. The molecule has 0 amide bonds. The van der Waals surface area contributed by atoms with Crippen molar-refractivity contribution < 1.29 is 4.79 Å². The third-order valence-electron chi connectivity index (χ3n) is 1.60. The predicted molar refractivity (Wildman–Crippen MR) is 40.3 cm³/mol. The van der Waals surface area contributed by atoms with E-state index >= 15 is 0 Å². The van der Waals surface area contributed by atoms with Gasteiger partial charge in [-0.2, -0.15) is 0 Å². The Bertz CT molecular complexity index is 209. The van der Waals surface area contributed by atoms with Crippen LogP contribution in [0.15, 0.2) is 23.4 Å². The molecular formula is C8H11NO. The van der Waals surface area contributed by atoms with E-state index in [0.29, 0.717) is 5.70 Å². The average Bonchev–Trinajstić information content (AvgIpc) is 1.88. The van der Waals surface area contributed by atoms with Gasteiger partial charge < -0.3 is 5.73 Å². The van der Waals surface area contributed by atoms with Gasteiger partial charge in [-0.1, -0.05) is 6.08 Å². The van der Waals surface area contributed by atoms with Gasteiger partial charge in [0.1, 0.15) is 0 Å². The first kappa shape index (κ1) is 7.06. The lowest BCUT2D eigenvalue weighted by Crippen LogP contribution is -2.09. The molecule has 1 rings (SSSR count). The van der Waals surface area contributed by atoms with E-state index in [-0.39, 0.29) is 5.78 Å². The third-order valence-corrected chi connectivity index (χ3v) is 1.60. The molecule has 1 aliphatic rings. The quantitative estimate of drug-likeness (QED) is 0.509. The van der Waals surface area contributed by atoms with Gasteiger partial charge in [-0.3, -0.25) is 4.79 Å². The Balaban J connectivity index is 2.91. The summed E-state index contributed by atoms with van der Waals surface area (Å²) >= 11 is 0. The maximum Gasteiger partial charge on any atom is 0.183 e. The molecule has 10 heavy (non-hydrogen) atoms. The zero-order valence-corrected chi connectivity index (χ0v) is 6.05. The number of hydrogen-bond acceptors (Lipinski definition) is 2. The van der Waals surface area contributed by atoms with Crippen molar-refractivity contribution in [2.45, 2.75) is 19.8 Å². The summed E-state index contributed by atoms with van der Waals surface area (Å²) in [6.45, 7) is 1.77. The summed E-state index contributed by atoms with van der Waals surface area (Å²) in [7, 11) is 0. The zero-order chi connectivity index (χ0) is 7.56. The molecule has 0 bridgehead atoms.